The number of likely N-dealkylation sites (N-methyl/N-ethyl adjacent to an activating group) is 1. The number of sulfonamides is 1. The molecule has 0 unspecified atom stereocenters. The van der Waals surface area contributed by atoms with Crippen LogP contribution in [0.25, 0.3) is 0 Å². The Morgan fingerprint density at radius 2 is 1.88 bits per heavy atom. The van der Waals surface area contributed by atoms with Gasteiger partial charge in [0.05, 0.1) is 4.90 Å². The summed E-state index contributed by atoms with van der Waals surface area (Å²) in [6, 6.07) is 3.40. The van der Waals surface area contributed by atoms with Crippen LogP contribution in [0.3, 0.4) is 0 Å². The Hall–Kier alpha value is -1.44. The number of nitrogens with zero attached hydrogens (tertiary/aromatic N) is 2. The number of aryl methyl sites for hydroxylation is 1. The normalized spacial score (nSPS) is 24.9. The van der Waals surface area contributed by atoms with Crippen LogP contribution in [0.15, 0.2) is 17.0 Å². The highest BCUT2D eigenvalue weighted by Gasteiger charge is 2.36. The summed E-state index contributed by atoms with van der Waals surface area (Å²) in [7, 11) is -1.76. The fourth-order valence-corrected chi connectivity index (χ4v) is 4.86. The zero-order valence-corrected chi connectivity index (χ0v) is 15.3. The summed E-state index contributed by atoms with van der Waals surface area (Å²) < 4.78 is 23.7. The highest BCUT2D eigenvalue weighted by Crippen LogP contribution is 2.29. The number of amides is 1. The van der Waals surface area contributed by atoms with Crippen LogP contribution in [0.2, 0.25) is 0 Å². The molecule has 1 aromatic rings. The largest absolute Gasteiger partial charge is 0.334 e. The maximum Gasteiger partial charge on any atom is 0.254 e. The first-order chi connectivity index (χ1) is 11.2. The Morgan fingerprint density at radius 3 is 2.54 bits per heavy atom. The van der Waals surface area contributed by atoms with Crippen molar-refractivity contribution in [2.24, 2.45) is 11.1 Å². The van der Waals surface area contributed by atoms with Gasteiger partial charge in [-0.1, -0.05) is 0 Å². The van der Waals surface area contributed by atoms with Crippen LogP contribution in [0.1, 0.15) is 34.3 Å². The topological polar surface area (TPSA) is 83.7 Å². The van der Waals surface area contributed by atoms with Crippen LogP contribution in [0.4, 0.5) is 0 Å². The molecule has 3 fully saturated rings. The van der Waals surface area contributed by atoms with Gasteiger partial charge in [0.25, 0.3) is 5.91 Å². The second-order valence-electron chi connectivity index (χ2n) is 7.24. The molecule has 1 aromatic carbocycles. The number of hydrogen-bond acceptors (Lipinski definition) is 4. The number of fused-ring (bicyclic) bond motifs is 4. The Balaban J connectivity index is 1.97. The molecule has 2 N–H and O–H groups in total. The Morgan fingerprint density at radius 1 is 1.17 bits per heavy atom. The lowest BCUT2D eigenvalue weighted by Gasteiger charge is -2.36. The number of carbonyl (C=O) groups is 1. The van der Waals surface area contributed by atoms with E-state index in [-0.39, 0.29) is 16.8 Å². The SMILES string of the molecule is Cc1cc(C(=O)N2C[C@@H]3CC[C@H]2CN(C)C3)cc(S(N)(=O)=O)c1C. The lowest BCUT2D eigenvalue weighted by Crippen LogP contribution is -2.47. The van der Waals surface area contributed by atoms with Crippen molar-refractivity contribution < 1.29 is 13.2 Å². The van der Waals surface area contributed by atoms with Crippen molar-refractivity contribution in [3.63, 3.8) is 0 Å². The fourth-order valence-electron chi connectivity index (χ4n) is 3.98. The Labute approximate surface area is 143 Å². The summed E-state index contributed by atoms with van der Waals surface area (Å²) in [5, 5.41) is 5.32. The highest BCUT2D eigenvalue weighted by molar-refractivity contribution is 7.89. The van der Waals surface area contributed by atoms with Gasteiger partial charge < -0.3 is 9.80 Å². The predicted octanol–water partition coefficient (Wildman–Crippen LogP) is 1.12. The van der Waals surface area contributed by atoms with Gasteiger partial charge in [0, 0.05) is 31.2 Å². The number of benzene rings is 1. The first-order valence-electron chi connectivity index (χ1n) is 8.30. The van der Waals surface area contributed by atoms with Crippen molar-refractivity contribution in [2.75, 3.05) is 26.7 Å². The van der Waals surface area contributed by atoms with Crippen molar-refractivity contribution in [3.05, 3.63) is 28.8 Å². The van der Waals surface area contributed by atoms with Crippen molar-refractivity contribution in [1.29, 1.82) is 0 Å². The van der Waals surface area contributed by atoms with Crippen LogP contribution in [-0.4, -0.2) is 56.8 Å². The molecular weight excluding hydrogens is 326 g/mol. The van der Waals surface area contributed by atoms with Crippen molar-refractivity contribution in [3.8, 4) is 0 Å². The molecule has 2 atom stereocenters. The van der Waals surface area contributed by atoms with E-state index in [1.165, 1.54) is 6.07 Å². The van der Waals surface area contributed by atoms with Gasteiger partial charge >= 0.3 is 0 Å². The minimum Gasteiger partial charge on any atom is -0.334 e. The third-order valence-corrected chi connectivity index (χ3v) is 6.37. The van der Waals surface area contributed by atoms with Gasteiger partial charge in [-0.2, -0.15) is 0 Å². The Kier molecular flexibility index (Phi) is 4.44. The molecule has 3 heterocycles. The summed E-state index contributed by atoms with van der Waals surface area (Å²) >= 11 is 0. The van der Waals surface area contributed by atoms with Crippen LogP contribution < -0.4 is 5.14 Å². The first kappa shape index (κ1) is 17.4. The summed E-state index contributed by atoms with van der Waals surface area (Å²) in [5.74, 6) is 0.398. The molecule has 0 aromatic heterocycles. The van der Waals surface area contributed by atoms with Gasteiger partial charge in [-0.15, -0.1) is 0 Å². The molecule has 0 aliphatic carbocycles. The quantitative estimate of drug-likeness (QED) is 0.865. The number of hydrogen-bond donors (Lipinski definition) is 1. The molecule has 3 saturated heterocycles. The van der Waals surface area contributed by atoms with Crippen LogP contribution in [0, 0.1) is 19.8 Å². The smallest absolute Gasteiger partial charge is 0.254 e. The van der Waals surface area contributed by atoms with Gasteiger partial charge in [-0.3, -0.25) is 4.79 Å². The number of carbonyl (C=O) groups excluding carboxylic acids is 1. The van der Waals surface area contributed by atoms with Crippen molar-refractivity contribution in [2.45, 2.75) is 37.6 Å². The van der Waals surface area contributed by atoms with Gasteiger partial charge in [0.15, 0.2) is 0 Å². The van der Waals surface area contributed by atoms with E-state index in [1.54, 1.807) is 13.0 Å². The minimum absolute atomic E-state index is 0.0444. The molecule has 4 rings (SSSR count). The summed E-state index contributed by atoms with van der Waals surface area (Å²) in [5.41, 5.74) is 1.78. The van der Waals surface area contributed by atoms with E-state index in [2.05, 4.69) is 11.9 Å². The fraction of sp³-hybridized carbons (Fsp3) is 0.588. The number of nitrogens with two attached hydrogens (primary N) is 1. The third-order valence-electron chi connectivity index (χ3n) is 5.33. The maximum atomic E-state index is 13.1. The molecule has 3 aliphatic heterocycles. The molecule has 2 bridgehead atoms. The van der Waals surface area contributed by atoms with Crippen molar-refractivity contribution >= 4 is 15.9 Å². The van der Waals surface area contributed by atoms with Gasteiger partial charge in [0.2, 0.25) is 10.0 Å². The molecular formula is C17H25N3O3S. The van der Waals surface area contributed by atoms with E-state index >= 15 is 0 Å². The number of piperidine rings is 1. The van der Waals surface area contributed by atoms with Crippen LogP contribution in [0.5, 0.6) is 0 Å². The lowest BCUT2D eigenvalue weighted by atomic mass is 9.94. The van der Waals surface area contributed by atoms with E-state index in [4.69, 9.17) is 5.14 Å². The van der Waals surface area contributed by atoms with Gasteiger partial charge in [0.1, 0.15) is 0 Å². The molecule has 0 radical (unpaired) electrons. The van der Waals surface area contributed by atoms with Gasteiger partial charge in [-0.25, -0.2) is 13.6 Å². The average molecular weight is 351 g/mol. The predicted molar refractivity (Wildman–Crippen MR) is 92.3 cm³/mol. The second-order valence-corrected chi connectivity index (χ2v) is 8.77. The molecule has 1 amide bonds. The first-order valence-corrected chi connectivity index (χ1v) is 9.85. The van der Waals surface area contributed by atoms with Crippen molar-refractivity contribution in [1.82, 2.24) is 9.80 Å². The second kappa shape index (κ2) is 6.13. The summed E-state index contributed by atoms with van der Waals surface area (Å²) in [6.45, 7) is 6.14. The van der Waals surface area contributed by atoms with E-state index in [0.717, 1.165) is 38.0 Å². The van der Waals surface area contributed by atoms with Crippen LogP contribution >= 0.6 is 0 Å². The molecule has 0 spiro atoms. The number of rotatable bonds is 2. The molecule has 3 aliphatic rings. The number of primary sulfonamides is 1. The maximum absolute atomic E-state index is 13.1. The average Bonchev–Trinajstić information content (AvgIpc) is 2.76. The van der Waals surface area contributed by atoms with E-state index in [9.17, 15) is 13.2 Å². The molecule has 132 valence electrons. The molecule has 6 nitrogen and oxygen atoms in total. The standard InChI is InChI=1S/C17H25N3O3S/c1-11-6-14(7-16(12(11)2)24(18,22)23)17(21)20-9-13-4-5-15(20)10-19(3)8-13/h6-7,13,15H,4-5,8-10H2,1-3H3,(H2,18,22,23)/t13-,15+/m1/s1. The monoisotopic (exact) mass is 351 g/mol. The van der Waals surface area contributed by atoms with E-state index < -0.39 is 10.0 Å². The molecule has 7 heteroatoms. The zero-order chi connectivity index (χ0) is 17.6. The van der Waals surface area contributed by atoms with E-state index in [0.29, 0.717) is 17.0 Å². The molecule has 24 heavy (non-hydrogen) atoms. The Bertz CT molecular complexity index is 776. The van der Waals surface area contributed by atoms with Gasteiger partial charge in [-0.05, 0) is 62.9 Å². The third kappa shape index (κ3) is 3.20. The molecule has 0 saturated carbocycles. The lowest BCUT2D eigenvalue weighted by molar-refractivity contribution is 0.0586. The summed E-state index contributed by atoms with van der Waals surface area (Å²) in [6.07, 6.45) is 2.15. The summed E-state index contributed by atoms with van der Waals surface area (Å²) in [4.78, 5) is 17.3. The van der Waals surface area contributed by atoms with Crippen LogP contribution in [-0.2, 0) is 10.0 Å². The minimum atomic E-state index is -3.85. The van der Waals surface area contributed by atoms with E-state index in [1.807, 2.05) is 11.8 Å². The highest BCUT2D eigenvalue weighted by atomic mass is 32.2. The zero-order valence-electron chi connectivity index (χ0n) is 14.4.